The second-order valence-corrected chi connectivity index (χ2v) is 17.3. The van der Waals surface area contributed by atoms with Gasteiger partial charge in [0.2, 0.25) is 0 Å². The molecule has 9 aromatic rings. The van der Waals surface area contributed by atoms with Gasteiger partial charge in [0, 0.05) is 38.8 Å². The molecule has 55 heavy (non-hydrogen) atoms. The van der Waals surface area contributed by atoms with Gasteiger partial charge in [-0.2, -0.15) is 0 Å². The number of aryl methyl sites for hydroxylation is 1. The molecule has 12 rings (SSSR count). The second-order valence-electron chi connectivity index (χ2n) is 16.2. The van der Waals surface area contributed by atoms with E-state index in [-0.39, 0.29) is 12.3 Å². The molecule has 6 heteroatoms. The van der Waals surface area contributed by atoms with Crippen LogP contribution in [-0.4, -0.2) is 11.3 Å². The summed E-state index contributed by atoms with van der Waals surface area (Å²) in [6.07, 6.45) is 0. The molecule has 0 radical (unpaired) electrons. The number of nitrogens with zero attached hydrogens (tertiary/aromatic N) is 2. The molecule has 3 aliphatic heterocycles. The Kier molecular flexibility index (Phi) is 6.25. The Hall–Kier alpha value is -6.11. The molecule has 0 saturated carbocycles. The summed E-state index contributed by atoms with van der Waals surface area (Å²) in [7, 11) is 0. The van der Waals surface area contributed by atoms with Gasteiger partial charge >= 0.3 is 6.85 Å². The van der Waals surface area contributed by atoms with Gasteiger partial charge in [-0.15, -0.1) is 0 Å². The topological polar surface area (TPSA) is 30.5 Å². The predicted octanol–water partition coefficient (Wildman–Crippen LogP) is 12.5. The first kappa shape index (κ1) is 31.3. The van der Waals surface area contributed by atoms with Crippen molar-refractivity contribution in [2.24, 2.45) is 0 Å². The van der Waals surface area contributed by atoms with E-state index >= 15 is 0 Å². The van der Waals surface area contributed by atoms with Crippen LogP contribution in [0.3, 0.4) is 0 Å². The minimum absolute atomic E-state index is 0.0157. The number of para-hydroxylation sites is 3. The van der Waals surface area contributed by atoms with Crippen LogP contribution in [0, 0.1) is 6.92 Å². The molecule has 0 aliphatic carbocycles. The lowest BCUT2D eigenvalue weighted by atomic mass is 9.45. The summed E-state index contributed by atoms with van der Waals surface area (Å²) < 4.78 is 16.1. The highest BCUT2D eigenvalue weighted by Gasteiger charge is 2.45. The molecular formula is C49H35BN2O2S. The molecular weight excluding hydrogens is 691 g/mol. The summed E-state index contributed by atoms with van der Waals surface area (Å²) in [6, 6.07) is 51.0. The van der Waals surface area contributed by atoms with E-state index in [1.807, 2.05) is 0 Å². The molecule has 4 nitrogen and oxygen atoms in total. The number of anilines is 3. The number of hydrogen-bond acceptors (Lipinski definition) is 4. The molecule has 0 unspecified atom stereocenters. The van der Waals surface area contributed by atoms with E-state index in [1.165, 1.54) is 55.5 Å². The number of rotatable bonds is 2. The van der Waals surface area contributed by atoms with Crippen molar-refractivity contribution in [2.45, 2.75) is 42.9 Å². The third-order valence-corrected chi connectivity index (χ3v) is 12.9. The van der Waals surface area contributed by atoms with Crippen molar-refractivity contribution >= 4 is 79.6 Å². The maximum Gasteiger partial charge on any atom is 0.333 e. The normalized spacial score (nSPS) is 13.8. The lowest BCUT2D eigenvalue weighted by Gasteiger charge is -2.42. The van der Waals surface area contributed by atoms with Crippen LogP contribution < -0.4 is 20.6 Å². The molecule has 0 saturated heterocycles. The third-order valence-electron chi connectivity index (χ3n) is 11.8. The monoisotopic (exact) mass is 726 g/mol. The maximum atomic E-state index is 6.78. The highest BCUT2D eigenvalue weighted by molar-refractivity contribution is 7.99. The quantitative estimate of drug-likeness (QED) is 0.166. The van der Waals surface area contributed by atoms with E-state index in [0.29, 0.717) is 0 Å². The van der Waals surface area contributed by atoms with Gasteiger partial charge in [0.05, 0.1) is 21.0 Å². The lowest BCUT2D eigenvalue weighted by Crippen LogP contribution is -2.56. The second kappa shape index (κ2) is 11.0. The van der Waals surface area contributed by atoms with E-state index in [2.05, 4.69) is 177 Å². The van der Waals surface area contributed by atoms with Gasteiger partial charge < -0.3 is 18.5 Å². The summed E-state index contributed by atoms with van der Waals surface area (Å²) >= 11 is 1.79. The van der Waals surface area contributed by atoms with Crippen LogP contribution in [-0.2, 0) is 5.41 Å². The summed E-state index contributed by atoms with van der Waals surface area (Å²) in [5.41, 5.74) is 17.6. The Morgan fingerprint density at radius 2 is 1.40 bits per heavy atom. The molecule has 0 fully saturated rings. The fourth-order valence-corrected chi connectivity index (χ4v) is 10.3. The zero-order valence-electron chi connectivity index (χ0n) is 31.0. The van der Waals surface area contributed by atoms with Crippen LogP contribution >= 0.6 is 11.8 Å². The van der Waals surface area contributed by atoms with E-state index in [1.54, 1.807) is 11.8 Å². The van der Waals surface area contributed by atoms with Crippen molar-refractivity contribution in [2.75, 3.05) is 4.90 Å². The summed E-state index contributed by atoms with van der Waals surface area (Å²) in [4.78, 5) is 4.78. The van der Waals surface area contributed by atoms with E-state index in [9.17, 15) is 0 Å². The Labute approximate surface area is 324 Å². The predicted molar refractivity (Wildman–Crippen MR) is 229 cm³/mol. The number of fused-ring (bicyclic) bond motifs is 11. The Balaban J connectivity index is 1.23. The number of benzene rings is 7. The van der Waals surface area contributed by atoms with Crippen molar-refractivity contribution in [1.29, 1.82) is 0 Å². The first-order valence-electron chi connectivity index (χ1n) is 19.0. The van der Waals surface area contributed by atoms with Crippen molar-refractivity contribution in [3.05, 3.63) is 151 Å². The highest BCUT2D eigenvalue weighted by Crippen LogP contribution is 2.53. The largest absolute Gasteiger partial charge is 0.455 e. The smallest absolute Gasteiger partial charge is 0.333 e. The third kappa shape index (κ3) is 4.32. The maximum absolute atomic E-state index is 6.78. The first-order chi connectivity index (χ1) is 26.8. The Morgan fingerprint density at radius 1 is 0.600 bits per heavy atom. The van der Waals surface area contributed by atoms with Gasteiger partial charge in [0.15, 0.2) is 5.58 Å². The molecule has 7 aromatic carbocycles. The molecule has 0 bridgehead atoms. The molecule has 3 aliphatic rings. The zero-order chi connectivity index (χ0) is 36.7. The van der Waals surface area contributed by atoms with Gasteiger partial charge in [-0.05, 0) is 106 Å². The number of hydrogen-bond donors (Lipinski definition) is 0. The minimum Gasteiger partial charge on any atom is -0.455 e. The number of aromatic nitrogens is 1. The molecule has 0 atom stereocenters. The van der Waals surface area contributed by atoms with Gasteiger partial charge in [-0.1, -0.05) is 111 Å². The standard InChI is InChI=1S/C49H35BN2O2S/c1-28-23-35-31-16-12-17-33-46(31)52(47-32-15-8-9-18-40(32)54-48(33)47)50-36-26-42-44(55-43-20-11-10-19-41(43)53-42)27-38(36)51(39(24-28)45(35)50)37-22-21-30(49(2,3)4)25-34(37)29-13-6-5-7-14-29/h5-27H,1-4H3. The first-order valence-corrected chi connectivity index (χ1v) is 19.9. The van der Waals surface area contributed by atoms with Crippen LogP contribution in [0.15, 0.2) is 154 Å². The van der Waals surface area contributed by atoms with E-state index in [4.69, 9.17) is 9.15 Å². The van der Waals surface area contributed by atoms with Crippen LogP contribution in [0.1, 0.15) is 31.9 Å². The van der Waals surface area contributed by atoms with Gasteiger partial charge in [-0.25, -0.2) is 0 Å². The van der Waals surface area contributed by atoms with Gasteiger partial charge in [0.25, 0.3) is 0 Å². The van der Waals surface area contributed by atoms with E-state index < -0.39 is 0 Å². The average molecular weight is 727 g/mol. The lowest BCUT2D eigenvalue weighted by molar-refractivity contribution is 0.455. The van der Waals surface area contributed by atoms with Gasteiger partial charge in [0.1, 0.15) is 17.1 Å². The van der Waals surface area contributed by atoms with Crippen LogP contribution in [0.2, 0.25) is 0 Å². The van der Waals surface area contributed by atoms with Gasteiger partial charge in [-0.3, -0.25) is 0 Å². The van der Waals surface area contributed by atoms with Crippen molar-refractivity contribution in [3.63, 3.8) is 0 Å². The van der Waals surface area contributed by atoms with E-state index in [0.717, 1.165) is 60.1 Å². The Bertz CT molecular complexity index is 3120. The molecule has 0 N–H and O–H groups in total. The molecule has 0 spiro atoms. The fraction of sp³-hybridized carbons (Fsp3) is 0.102. The number of ether oxygens (including phenoxy) is 1. The number of furan rings is 1. The summed E-state index contributed by atoms with van der Waals surface area (Å²) in [5.74, 6) is 1.79. The molecule has 2 aromatic heterocycles. The van der Waals surface area contributed by atoms with Crippen LogP contribution in [0.4, 0.5) is 17.1 Å². The zero-order valence-corrected chi connectivity index (χ0v) is 31.8. The van der Waals surface area contributed by atoms with Crippen molar-refractivity contribution in [3.8, 4) is 33.8 Å². The Morgan fingerprint density at radius 3 is 2.27 bits per heavy atom. The van der Waals surface area contributed by atoms with Crippen molar-refractivity contribution in [1.82, 2.24) is 4.48 Å². The molecule has 5 heterocycles. The van der Waals surface area contributed by atoms with Crippen LogP contribution in [0.5, 0.6) is 11.5 Å². The molecule has 262 valence electrons. The average Bonchev–Trinajstić information content (AvgIpc) is 3.73. The highest BCUT2D eigenvalue weighted by atomic mass is 32.2. The van der Waals surface area contributed by atoms with Crippen molar-refractivity contribution < 1.29 is 9.15 Å². The minimum atomic E-state index is -0.127. The SMILES string of the molecule is Cc1cc2c3c(c1)N(c1ccc(C(C)(C)C)cc1-c1ccccc1)c1cc4c(cc1B3n1c3c-2cccc3c2oc3ccccc3c21)Oc1ccccc1S4. The summed E-state index contributed by atoms with van der Waals surface area (Å²) in [5, 5.41) is 2.27. The fourth-order valence-electron chi connectivity index (χ4n) is 9.35. The molecule has 0 amide bonds. The van der Waals surface area contributed by atoms with Crippen LogP contribution in [0.25, 0.3) is 55.2 Å². The summed E-state index contributed by atoms with van der Waals surface area (Å²) in [6.45, 7) is 9.00.